The van der Waals surface area contributed by atoms with Gasteiger partial charge < -0.3 is 9.88 Å². The largest absolute Gasteiger partial charge is 0.365 e. The normalized spacial score (nSPS) is 13.3. The molecule has 23 heavy (non-hydrogen) atoms. The van der Waals surface area contributed by atoms with Crippen LogP contribution >= 0.6 is 0 Å². The Hall–Kier alpha value is -2.55. The quantitative estimate of drug-likeness (QED) is 0.783. The van der Waals surface area contributed by atoms with Crippen LogP contribution in [0.25, 0.3) is 11.1 Å². The summed E-state index contributed by atoms with van der Waals surface area (Å²) in [6.45, 7) is 4.16. The predicted octanol–water partition coefficient (Wildman–Crippen LogP) is 4.20. The van der Waals surface area contributed by atoms with E-state index in [0.717, 1.165) is 31.6 Å². The molecule has 0 amide bonds. The van der Waals surface area contributed by atoms with Crippen LogP contribution in [0.5, 0.6) is 0 Å². The molecule has 2 aromatic carbocycles. The van der Waals surface area contributed by atoms with Crippen LogP contribution in [-0.2, 0) is 19.4 Å². The van der Waals surface area contributed by atoms with Gasteiger partial charge in [0.2, 0.25) is 0 Å². The van der Waals surface area contributed by atoms with Crippen LogP contribution in [0.2, 0.25) is 0 Å². The summed E-state index contributed by atoms with van der Waals surface area (Å²) in [6, 6.07) is 15.6. The number of nitrogens with one attached hydrogen (secondary N) is 1. The molecule has 0 saturated carbocycles. The Morgan fingerprint density at radius 2 is 2.09 bits per heavy atom. The highest BCUT2D eigenvalue weighted by molar-refractivity contribution is 5.74. The summed E-state index contributed by atoms with van der Waals surface area (Å²) < 4.78 is 0. The van der Waals surface area contributed by atoms with Gasteiger partial charge in [-0.25, -0.2) is 4.98 Å². The second-order valence-corrected chi connectivity index (χ2v) is 6.09. The minimum atomic E-state index is 0.870. The Labute approximate surface area is 137 Å². The van der Waals surface area contributed by atoms with Crippen molar-refractivity contribution in [1.29, 1.82) is 0 Å². The van der Waals surface area contributed by atoms with Gasteiger partial charge in [0.15, 0.2) is 0 Å². The second kappa shape index (κ2) is 5.92. The highest BCUT2D eigenvalue weighted by Crippen LogP contribution is 2.34. The van der Waals surface area contributed by atoms with Gasteiger partial charge in [-0.05, 0) is 41.2 Å². The van der Waals surface area contributed by atoms with Crippen molar-refractivity contribution in [2.75, 3.05) is 11.4 Å². The molecular formula is C20H21N3. The van der Waals surface area contributed by atoms with Crippen molar-refractivity contribution in [2.45, 2.75) is 26.3 Å². The number of aromatic nitrogens is 2. The molecule has 1 N–H and O–H groups in total. The van der Waals surface area contributed by atoms with E-state index < -0.39 is 0 Å². The summed E-state index contributed by atoms with van der Waals surface area (Å²) in [5.41, 5.74) is 7.97. The zero-order valence-electron chi connectivity index (χ0n) is 13.4. The first-order chi connectivity index (χ1) is 11.3. The van der Waals surface area contributed by atoms with Gasteiger partial charge in [0, 0.05) is 18.4 Å². The fourth-order valence-electron chi connectivity index (χ4n) is 3.46. The first kappa shape index (κ1) is 14.1. The van der Waals surface area contributed by atoms with E-state index in [9.17, 15) is 0 Å². The van der Waals surface area contributed by atoms with E-state index in [1.54, 1.807) is 6.33 Å². The number of aryl methyl sites for hydroxylation is 1. The number of anilines is 1. The number of aromatic amines is 1. The van der Waals surface area contributed by atoms with Crippen LogP contribution in [-0.4, -0.2) is 16.5 Å². The fraction of sp³-hybridized carbons (Fsp3) is 0.250. The average Bonchev–Trinajstić information content (AvgIpc) is 3.25. The van der Waals surface area contributed by atoms with Crippen molar-refractivity contribution < 1.29 is 0 Å². The lowest BCUT2D eigenvalue weighted by Crippen LogP contribution is -2.19. The van der Waals surface area contributed by atoms with Gasteiger partial charge in [-0.15, -0.1) is 0 Å². The maximum Gasteiger partial charge on any atom is 0.0923 e. The number of nitrogens with zero attached hydrogens (tertiary/aromatic N) is 2. The first-order valence-electron chi connectivity index (χ1n) is 8.29. The molecule has 0 radical (unpaired) electrons. The molecule has 1 aliphatic heterocycles. The lowest BCUT2D eigenvalue weighted by atomic mass is 9.96. The zero-order valence-corrected chi connectivity index (χ0v) is 13.4. The van der Waals surface area contributed by atoms with Gasteiger partial charge in [-0.3, -0.25) is 0 Å². The monoisotopic (exact) mass is 303 g/mol. The Balaban J connectivity index is 1.70. The molecule has 0 aliphatic carbocycles. The molecule has 3 heteroatoms. The van der Waals surface area contributed by atoms with Crippen LogP contribution < -0.4 is 4.90 Å². The van der Waals surface area contributed by atoms with E-state index in [4.69, 9.17) is 0 Å². The molecule has 4 rings (SSSR count). The van der Waals surface area contributed by atoms with E-state index >= 15 is 0 Å². The highest BCUT2D eigenvalue weighted by Gasteiger charge is 2.20. The molecule has 3 aromatic rings. The van der Waals surface area contributed by atoms with E-state index in [0.29, 0.717) is 0 Å². The third-order valence-corrected chi connectivity index (χ3v) is 4.69. The smallest absolute Gasteiger partial charge is 0.0923 e. The van der Waals surface area contributed by atoms with E-state index in [-0.39, 0.29) is 0 Å². The Morgan fingerprint density at radius 3 is 2.91 bits per heavy atom. The Kier molecular flexibility index (Phi) is 3.62. The summed E-state index contributed by atoms with van der Waals surface area (Å²) >= 11 is 0. The minimum Gasteiger partial charge on any atom is -0.365 e. The minimum absolute atomic E-state index is 0.870. The van der Waals surface area contributed by atoms with Crippen LogP contribution in [0.4, 0.5) is 5.69 Å². The summed E-state index contributed by atoms with van der Waals surface area (Å²) in [7, 11) is 0. The number of fused-ring (bicyclic) bond motifs is 1. The molecule has 3 nitrogen and oxygen atoms in total. The molecule has 0 atom stereocenters. The van der Waals surface area contributed by atoms with Crippen LogP contribution in [0.15, 0.2) is 55.0 Å². The highest BCUT2D eigenvalue weighted by atomic mass is 15.2. The standard InChI is InChI=1S/C20H21N3/c1-2-15-5-3-4-6-19(15)17-8-7-16-9-10-23(20(16)11-17)13-18-12-21-14-22-18/h3-8,11-12,14H,2,9-10,13H2,1H3,(H,21,22). The van der Waals surface area contributed by atoms with Crippen molar-refractivity contribution in [1.82, 2.24) is 9.97 Å². The number of hydrogen-bond donors (Lipinski definition) is 1. The SMILES string of the molecule is CCc1ccccc1-c1ccc2c(c1)N(Cc1c[nH]cn1)CC2. The topological polar surface area (TPSA) is 31.9 Å². The van der Waals surface area contributed by atoms with Crippen molar-refractivity contribution in [3.05, 3.63) is 71.8 Å². The van der Waals surface area contributed by atoms with Gasteiger partial charge in [0.05, 0.1) is 18.6 Å². The second-order valence-electron chi connectivity index (χ2n) is 6.09. The maximum absolute atomic E-state index is 4.36. The molecule has 1 aliphatic rings. The summed E-state index contributed by atoms with van der Waals surface area (Å²) in [5, 5.41) is 0. The van der Waals surface area contributed by atoms with Crippen LogP contribution in [0, 0.1) is 0 Å². The van der Waals surface area contributed by atoms with Gasteiger partial charge in [0.1, 0.15) is 0 Å². The molecule has 0 saturated heterocycles. The number of benzene rings is 2. The third-order valence-electron chi connectivity index (χ3n) is 4.69. The van der Waals surface area contributed by atoms with Crippen molar-refractivity contribution >= 4 is 5.69 Å². The fourth-order valence-corrected chi connectivity index (χ4v) is 3.46. The lowest BCUT2D eigenvalue weighted by Gasteiger charge is -2.19. The van der Waals surface area contributed by atoms with Crippen molar-refractivity contribution in [2.24, 2.45) is 0 Å². The Bertz CT molecular complexity index is 806. The van der Waals surface area contributed by atoms with Gasteiger partial charge in [0.25, 0.3) is 0 Å². The molecule has 0 spiro atoms. The lowest BCUT2D eigenvalue weighted by molar-refractivity contribution is 0.819. The van der Waals surface area contributed by atoms with E-state index in [1.165, 1.54) is 27.9 Å². The molecule has 0 unspecified atom stereocenters. The first-order valence-corrected chi connectivity index (χ1v) is 8.29. The summed E-state index contributed by atoms with van der Waals surface area (Å²) in [4.78, 5) is 9.84. The zero-order chi connectivity index (χ0) is 15.6. The molecule has 0 bridgehead atoms. The number of rotatable bonds is 4. The Morgan fingerprint density at radius 1 is 1.17 bits per heavy atom. The van der Waals surface area contributed by atoms with Gasteiger partial charge in [-0.1, -0.05) is 43.3 Å². The summed E-state index contributed by atoms with van der Waals surface area (Å²) in [6.07, 6.45) is 5.91. The third kappa shape index (κ3) is 2.63. The van der Waals surface area contributed by atoms with Crippen molar-refractivity contribution in [3.8, 4) is 11.1 Å². The molecule has 0 fully saturated rings. The molecule has 116 valence electrons. The predicted molar refractivity (Wildman–Crippen MR) is 94.6 cm³/mol. The van der Waals surface area contributed by atoms with Crippen LogP contribution in [0.1, 0.15) is 23.7 Å². The molecule has 1 aromatic heterocycles. The maximum atomic E-state index is 4.36. The average molecular weight is 303 g/mol. The van der Waals surface area contributed by atoms with Gasteiger partial charge >= 0.3 is 0 Å². The summed E-state index contributed by atoms with van der Waals surface area (Å²) in [5.74, 6) is 0. The number of imidazole rings is 1. The number of hydrogen-bond acceptors (Lipinski definition) is 2. The van der Waals surface area contributed by atoms with Crippen molar-refractivity contribution in [3.63, 3.8) is 0 Å². The van der Waals surface area contributed by atoms with Crippen LogP contribution in [0.3, 0.4) is 0 Å². The van der Waals surface area contributed by atoms with E-state index in [2.05, 4.69) is 64.3 Å². The molecule has 2 heterocycles. The molecular weight excluding hydrogens is 282 g/mol. The van der Waals surface area contributed by atoms with Gasteiger partial charge in [-0.2, -0.15) is 0 Å². The van der Waals surface area contributed by atoms with E-state index in [1.807, 2.05) is 6.20 Å². The number of H-pyrrole nitrogens is 1.